The molecule has 0 bridgehead atoms. The molecule has 3 aromatic rings. The number of hydrogen-bond acceptors (Lipinski definition) is 2. The van der Waals surface area contributed by atoms with Crippen molar-refractivity contribution >= 4 is 23.2 Å². The normalized spacial score (nSPS) is 17.8. The Balaban J connectivity index is 1.45. The average molecular weight is 442 g/mol. The topological polar surface area (TPSA) is 39.3 Å². The van der Waals surface area contributed by atoms with Crippen LogP contribution in [0.4, 0.5) is 14.5 Å². The van der Waals surface area contributed by atoms with Crippen molar-refractivity contribution in [2.75, 3.05) is 24.5 Å². The Kier molecular flexibility index (Phi) is 5.07. The third kappa shape index (κ3) is 3.54. The van der Waals surface area contributed by atoms with Gasteiger partial charge >= 0.3 is 0 Å². The van der Waals surface area contributed by atoms with Gasteiger partial charge in [0.05, 0.1) is 0 Å². The zero-order valence-corrected chi connectivity index (χ0v) is 17.6. The van der Waals surface area contributed by atoms with E-state index in [0.29, 0.717) is 17.3 Å². The molecule has 0 radical (unpaired) electrons. The van der Waals surface area contributed by atoms with E-state index in [-0.39, 0.29) is 5.41 Å². The second-order valence-electron chi connectivity index (χ2n) is 8.40. The molecule has 2 aliphatic heterocycles. The van der Waals surface area contributed by atoms with Crippen LogP contribution < -0.4 is 4.90 Å². The Hall–Kier alpha value is -2.70. The monoisotopic (exact) mass is 441 g/mol. The molecule has 1 spiro atoms. The zero-order valence-electron chi connectivity index (χ0n) is 16.9. The Morgan fingerprint density at radius 1 is 1.06 bits per heavy atom. The molecule has 160 valence electrons. The smallest absolute Gasteiger partial charge is 0.264 e. The number of H-pyrrole nitrogens is 1. The maximum atomic E-state index is 14.3. The van der Waals surface area contributed by atoms with Gasteiger partial charge in [0.2, 0.25) is 0 Å². The molecule has 1 fully saturated rings. The predicted octanol–water partition coefficient (Wildman–Crippen LogP) is 5.14. The Morgan fingerprint density at radius 3 is 2.48 bits per heavy atom. The van der Waals surface area contributed by atoms with Crippen LogP contribution in [0.1, 0.15) is 34.5 Å². The molecular weight excluding hydrogens is 420 g/mol. The second-order valence-corrected chi connectivity index (χ2v) is 8.84. The molecule has 1 saturated heterocycles. The number of rotatable bonds is 3. The van der Waals surface area contributed by atoms with Crippen LogP contribution in [-0.2, 0) is 12.0 Å². The fraction of sp³-hybridized carbons (Fsp3) is 0.292. The van der Waals surface area contributed by atoms with Crippen molar-refractivity contribution in [2.24, 2.45) is 0 Å². The molecular formula is C24H22ClF2N3O. The number of amides is 1. The van der Waals surface area contributed by atoms with Crippen molar-refractivity contribution in [3.05, 3.63) is 88.2 Å². The first-order valence-electron chi connectivity index (χ1n) is 10.4. The van der Waals surface area contributed by atoms with Crippen LogP contribution in [0.5, 0.6) is 0 Å². The number of nitrogens with one attached hydrogen (secondary N) is 1. The Labute approximate surface area is 184 Å². The molecule has 0 saturated carbocycles. The minimum Gasteiger partial charge on any atom is -0.364 e. The van der Waals surface area contributed by atoms with Crippen molar-refractivity contribution in [3.8, 4) is 0 Å². The zero-order chi connectivity index (χ0) is 21.6. The third-order valence-corrected chi connectivity index (χ3v) is 6.81. The molecule has 0 unspecified atom stereocenters. The SMILES string of the molecule is O=C(c1c(F)cccc1F)N1CC2(CCN(Cc3ccc[nH]3)CC2)c2cc(Cl)ccc21. The summed E-state index contributed by atoms with van der Waals surface area (Å²) in [6.45, 7) is 2.96. The molecule has 7 heteroatoms. The second kappa shape index (κ2) is 7.77. The summed E-state index contributed by atoms with van der Waals surface area (Å²) >= 11 is 6.31. The number of benzene rings is 2. The lowest BCUT2D eigenvalue weighted by Crippen LogP contribution is -2.46. The molecule has 1 N–H and O–H groups in total. The summed E-state index contributed by atoms with van der Waals surface area (Å²) in [6, 6.07) is 13.0. The fourth-order valence-electron chi connectivity index (χ4n) is 4.93. The molecule has 0 atom stereocenters. The van der Waals surface area contributed by atoms with E-state index in [4.69, 9.17) is 11.6 Å². The molecule has 2 aromatic carbocycles. The highest BCUT2D eigenvalue weighted by molar-refractivity contribution is 6.30. The van der Waals surface area contributed by atoms with Crippen molar-refractivity contribution in [3.63, 3.8) is 0 Å². The highest BCUT2D eigenvalue weighted by Gasteiger charge is 2.47. The van der Waals surface area contributed by atoms with E-state index in [0.717, 1.165) is 55.9 Å². The minimum absolute atomic E-state index is 0.274. The van der Waals surface area contributed by atoms with Crippen molar-refractivity contribution in [2.45, 2.75) is 24.8 Å². The summed E-state index contributed by atoms with van der Waals surface area (Å²) in [6.07, 6.45) is 3.59. The molecule has 1 aromatic heterocycles. The standard InChI is InChI=1S/C24H22ClF2N3O/c25-16-6-7-21-18(13-16)24(8-11-29(12-9-24)14-17-3-2-10-28-17)15-30(21)23(31)22-19(26)4-1-5-20(22)27/h1-7,10,13,28H,8-9,11-12,14-15H2. The lowest BCUT2D eigenvalue weighted by Gasteiger charge is -2.39. The van der Waals surface area contributed by atoms with Gasteiger partial charge in [0.15, 0.2) is 0 Å². The van der Waals surface area contributed by atoms with Crippen LogP contribution in [-0.4, -0.2) is 35.4 Å². The minimum atomic E-state index is -0.845. The van der Waals surface area contributed by atoms with Gasteiger partial charge in [0, 0.05) is 41.1 Å². The first-order valence-corrected chi connectivity index (χ1v) is 10.8. The van der Waals surface area contributed by atoms with Crippen LogP contribution in [0, 0.1) is 11.6 Å². The van der Waals surface area contributed by atoms with Crippen LogP contribution in [0.25, 0.3) is 0 Å². The number of hydrogen-bond donors (Lipinski definition) is 1. The van der Waals surface area contributed by atoms with E-state index in [1.807, 2.05) is 18.3 Å². The summed E-state index contributed by atoms with van der Waals surface area (Å²) < 4.78 is 28.7. The molecule has 31 heavy (non-hydrogen) atoms. The van der Waals surface area contributed by atoms with Gasteiger partial charge in [-0.1, -0.05) is 17.7 Å². The van der Waals surface area contributed by atoms with Crippen LogP contribution >= 0.6 is 11.6 Å². The van der Waals surface area contributed by atoms with E-state index in [1.54, 1.807) is 12.1 Å². The fourth-order valence-corrected chi connectivity index (χ4v) is 5.11. The van der Waals surface area contributed by atoms with Gasteiger partial charge in [0.25, 0.3) is 5.91 Å². The van der Waals surface area contributed by atoms with E-state index in [2.05, 4.69) is 16.0 Å². The van der Waals surface area contributed by atoms with E-state index in [9.17, 15) is 13.6 Å². The van der Waals surface area contributed by atoms with Gasteiger partial charge < -0.3 is 9.88 Å². The molecule has 3 heterocycles. The van der Waals surface area contributed by atoms with Crippen molar-refractivity contribution < 1.29 is 13.6 Å². The molecule has 2 aliphatic rings. The van der Waals surface area contributed by atoms with Crippen LogP contribution in [0.3, 0.4) is 0 Å². The number of piperidine rings is 1. The largest absolute Gasteiger partial charge is 0.364 e. The number of anilines is 1. The van der Waals surface area contributed by atoms with Crippen LogP contribution in [0.15, 0.2) is 54.7 Å². The quantitative estimate of drug-likeness (QED) is 0.611. The molecule has 5 rings (SSSR count). The summed E-state index contributed by atoms with van der Waals surface area (Å²) in [7, 11) is 0. The summed E-state index contributed by atoms with van der Waals surface area (Å²) in [5.74, 6) is -2.34. The number of aromatic nitrogens is 1. The highest BCUT2D eigenvalue weighted by atomic mass is 35.5. The van der Waals surface area contributed by atoms with E-state index < -0.39 is 23.1 Å². The van der Waals surface area contributed by atoms with E-state index >= 15 is 0 Å². The number of fused-ring (bicyclic) bond motifs is 2. The lowest BCUT2D eigenvalue weighted by molar-refractivity contribution is 0.0967. The van der Waals surface area contributed by atoms with Gasteiger partial charge in [-0.3, -0.25) is 9.69 Å². The average Bonchev–Trinajstić information content (AvgIpc) is 3.36. The first kappa shape index (κ1) is 20.2. The number of nitrogens with zero attached hydrogens (tertiary/aromatic N) is 2. The predicted molar refractivity (Wildman–Crippen MR) is 116 cm³/mol. The number of carbonyl (C=O) groups excluding carboxylic acids is 1. The van der Waals surface area contributed by atoms with Gasteiger partial charge in [-0.2, -0.15) is 0 Å². The molecule has 1 amide bonds. The Morgan fingerprint density at radius 2 is 1.81 bits per heavy atom. The van der Waals surface area contributed by atoms with Crippen molar-refractivity contribution in [1.29, 1.82) is 0 Å². The highest BCUT2D eigenvalue weighted by Crippen LogP contribution is 2.48. The van der Waals surface area contributed by atoms with Gasteiger partial charge in [0.1, 0.15) is 17.2 Å². The van der Waals surface area contributed by atoms with Gasteiger partial charge in [-0.15, -0.1) is 0 Å². The van der Waals surface area contributed by atoms with Gasteiger partial charge in [-0.05, 0) is 74.0 Å². The number of aromatic amines is 1. The van der Waals surface area contributed by atoms with Crippen LogP contribution in [0.2, 0.25) is 5.02 Å². The number of halogens is 3. The number of likely N-dealkylation sites (tertiary alicyclic amines) is 1. The third-order valence-electron chi connectivity index (χ3n) is 6.57. The maximum Gasteiger partial charge on any atom is 0.264 e. The number of carbonyl (C=O) groups is 1. The Bertz CT molecular complexity index is 1100. The lowest BCUT2D eigenvalue weighted by atomic mass is 9.74. The summed E-state index contributed by atoms with van der Waals surface area (Å²) in [5, 5.41) is 0.596. The summed E-state index contributed by atoms with van der Waals surface area (Å²) in [5.41, 5.74) is 2.06. The van der Waals surface area contributed by atoms with E-state index in [1.165, 1.54) is 11.0 Å². The van der Waals surface area contributed by atoms with Gasteiger partial charge in [-0.25, -0.2) is 8.78 Å². The first-order chi connectivity index (χ1) is 15.0. The maximum absolute atomic E-state index is 14.3. The van der Waals surface area contributed by atoms with Crippen molar-refractivity contribution in [1.82, 2.24) is 9.88 Å². The molecule has 4 nitrogen and oxygen atoms in total. The summed E-state index contributed by atoms with van der Waals surface area (Å²) in [4.78, 5) is 20.4. The molecule has 0 aliphatic carbocycles.